The third kappa shape index (κ3) is 3.05. The van der Waals surface area contributed by atoms with Crippen LogP contribution in [0.5, 0.6) is 0 Å². The van der Waals surface area contributed by atoms with Gasteiger partial charge in [-0.2, -0.15) is 0 Å². The van der Waals surface area contributed by atoms with Crippen molar-refractivity contribution in [1.82, 2.24) is 4.90 Å². The molecule has 2 rings (SSSR count). The van der Waals surface area contributed by atoms with E-state index in [1.54, 1.807) is 6.07 Å². The molecular formula is C14H21FN2. The van der Waals surface area contributed by atoms with Crippen LogP contribution in [-0.2, 0) is 13.1 Å². The summed E-state index contributed by atoms with van der Waals surface area (Å²) in [6.45, 7) is 4.72. The number of halogens is 1. The van der Waals surface area contributed by atoms with Gasteiger partial charge in [-0.05, 0) is 49.6 Å². The minimum atomic E-state index is -0.194. The zero-order valence-corrected chi connectivity index (χ0v) is 10.5. The fourth-order valence-electron chi connectivity index (χ4n) is 2.55. The highest BCUT2D eigenvalue weighted by Crippen LogP contribution is 2.21. The van der Waals surface area contributed by atoms with Crippen LogP contribution in [0.1, 0.15) is 37.3 Å². The van der Waals surface area contributed by atoms with Crippen LogP contribution < -0.4 is 5.73 Å². The monoisotopic (exact) mass is 236 g/mol. The van der Waals surface area contributed by atoms with Gasteiger partial charge in [-0.15, -0.1) is 0 Å². The number of benzene rings is 1. The van der Waals surface area contributed by atoms with Gasteiger partial charge in [-0.3, -0.25) is 4.90 Å². The Balaban J connectivity index is 2.11. The zero-order valence-electron chi connectivity index (χ0n) is 10.5. The summed E-state index contributed by atoms with van der Waals surface area (Å²) in [4.78, 5) is 2.47. The Kier molecular flexibility index (Phi) is 4.13. The maximum atomic E-state index is 13.1. The number of nitrogens with two attached hydrogens (primary N) is 1. The second-order valence-corrected chi connectivity index (χ2v) is 4.93. The molecule has 0 amide bonds. The lowest BCUT2D eigenvalue weighted by Gasteiger charge is -2.33. The Morgan fingerprint density at radius 1 is 1.35 bits per heavy atom. The van der Waals surface area contributed by atoms with Crippen molar-refractivity contribution in [2.75, 3.05) is 6.54 Å². The van der Waals surface area contributed by atoms with Gasteiger partial charge in [0, 0.05) is 19.1 Å². The van der Waals surface area contributed by atoms with Gasteiger partial charge in [0.05, 0.1) is 0 Å². The molecule has 0 saturated carbocycles. The van der Waals surface area contributed by atoms with Crippen molar-refractivity contribution in [3.8, 4) is 0 Å². The molecule has 3 heteroatoms. The molecule has 1 atom stereocenters. The molecule has 1 aliphatic heterocycles. The third-order valence-electron chi connectivity index (χ3n) is 3.70. The van der Waals surface area contributed by atoms with Gasteiger partial charge in [-0.25, -0.2) is 4.39 Å². The molecule has 2 N–H and O–H groups in total. The molecule has 0 spiro atoms. The van der Waals surface area contributed by atoms with Gasteiger partial charge in [0.2, 0.25) is 0 Å². The number of hydrogen-bond acceptors (Lipinski definition) is 2. The summed E-state index contributed by atoms with van der Waals surface area (Å²) in [7, 11) is 0. The van der Waals surface area contributed by atoms with Crippen molar-refractivity contribution in [2.24, 2.45) is 5.73 Å². The summed E-state index contributed by atoms with van der Waals surface area (Å²) in [6, 6.07) is 5.59. The van der Waals surface area contributed by atoms with E-state index >= 15 is 0 Å². The van der Waals surface area contributed by atoms with Gasteiger partial charge in [0.25, 0.3) is 0 Å². The van der Waals surface area contributed by atoms with Gasteiger partial charge < -0.3 is 5.73 Å². The second-order valence-electron chi connectivity index (χ2n) is 4.93. The topological polar surface area (TPSA) is 29.3 Å². The summed E-state index contributed by atoms with van der Waals surface area (Å²) in [5.74, 6) is -0.194. The van der Waals surface area contributed by atoms with Crippen molar-refractivity contribution in [2.45, 2.75) is 45.3 Å². The number of piperidine rings is 1. The van der Waals surface area contributed by atoms with E-state index in [9.17, 15) is 4.39 Å². The largest absolute Gasteiger partial charge is 0.326 e. The summed E-state index contributed by atoms with van der Waals surface area (Å²) >= 11 is 0. The van der Waals surface area contributed by atoms with Crippen LogP contribution in [0.15, 0.2) is 18.2 Å². The van der Waals surface area contributed by atoms with Crippen LogP contribution in [0.3, 0.4) is 0 Å². The summed E-state index contributed by atoms with van der Waals surface area (Å²) in [5, 5.41) is 0. The molecule has 1 aromatic rings. The molecule has 0 radical (unpaired) electrons. The van der Waals surface area contributed by atoms with Crippen molar-refractivity contribution in [1.29, 1.82) is 0 Å². The van der Waals surface area contributed by atoms with Crippen LogP contribution in [0.4, 0.5) is 4.39 Å². The van der Waals surface area contributed by atoms with E-state index in [2.05, 4.69) is 11.8 Å². The Morgan fingerprint density at radius 2 is 2.18 bits per heavy atom. The molecule has 1 saturated heterocycles. The molecule has 17 heavy (non-hydrogen) atoms. The van der Waals surface area contributed by atoms with E-state index in [0.29, 0.717) is 12.6 Å². The average Bonchev–Trinajstić information content (AvgIpc) is 2.34. The van der Waals surface area contributed by atoms with E-state index in [-0.39, 0.29) is 5.82 Å². The predicted molar refractivity (Wildman–Crippen MR) is 68.0 cm³/mol. The molecule has 0 aromatic heterocycles. The minimum Gasteiger partial charge on any atom is -0.326 e. The highest BCUT2D eigenvalue weighted by molar-refractivity contribution is 5.27. The highest BCUT2D eigenvalue weighted by atomic mass is 19.1. The van der Waals surface area contributed by atoms with Crippen LogP contribution in [-0.4, -0.2) is 17.5 Å². The highest BCUT2D eigenvalue weighted by Gasteiger charge is 2.19. The van der Waals surface area contributed by atoms with E-state index < -0.39 is 0 Å². The quantitative estimate of drug-likeness (QED) is 0.874. The van der Waals surface area contributed by atoms with Gasteiger partial charge >= 0.3 is 0 Å². The van der Waals surface area contributed by atoms with Crippen molar-refractivity contribution >= 4 is 0 Å². The van der Waals surface area contributed by atoms with E-state index in [1.165, 1.54) is 30.9 Å². The molecule has 0 bridgehead atoms. The molecule has 1 heterocycles. The molecule has 1 fully saturated rings. The molecule has 2 nitrogen and oxygen atoms in total. The molecule has 1 unspecified atom stereocenters. The maximum Gasteiger partial charge on any atom is 0.123 e. The number of nitrogens with zero attached hydrogens (tertiary/aromatic N) is 1. The van der Waals surface area contributed by atoms with Crippen molar-refractivity contribution in [3.05, 3.63) is 35.1 Å². The first-order valence-corrected chi connectivity index (χ1v) is 6.42. The van der Waals surface area contributed by atoms with Crippen LogP contribution in [0.25, 0.3) is 0 Å². The Bertz CT molecular complexity index is 378. The van der Waals surface area contributed by atoms with Crippen LogP contribution >= 0.6 is 0 Å². The molecular weight excluding hydrogens is 215 g/mol. The van der Waals surface area contributed by atoms with E-state index in [1.807, 2.05) is 6.07 Å². The second kappa shape index (κ2) is 5.61. The van der Waals surface area contributed by atoms with Crippen molar-refractivity contribution in [3.63, 3.8) is 0 Å². The molecule has 0 aliphatic carbocycles. The van der Waals surface area contributed by atoms with Crippen LogP contribution in [0.2, 0.25) is 0 Å². The maximum absolute atomic E-state index is 13.1. The minimum absolute atomic E-state index is 0.194. The molecule has 1 aromatic carbocycles. The Labute approximate surface area is 103 Å². The van der Waals surface area contributed by atoms with Gasteiger partial charge in [-0.1, -0.05) is 12.5 Å². The fraction of sp³-hybridized carbons (Fsp3) is 0.571. The fourth-order valence-corrected chi connectivity index (χ4v) is 2.55. The summed E-state index contributed by atoms with van der Waals surface area (Å²) in [6.07, 6.45) is 3.85. The lowest BCUT2D eigenvalue weighted by molar-refractivity contribution is 0.152. The zero-order chi connectivity index (χ0) is 12.3. The van der Waals surface area contributed by atoms with Crippen LogP contribution in [0, 0.1) is 5.82 Å². The van der Waals surface area contributed by atoms with Crippen molar-refractivity contribution < 1.29 is 4.39 Å². The first-order chi connectivity index (χ1) is 8.20. The normalized spacial score (nSPS) is 21.7. The third-order valence-corrected chi connectivity index (χ3v) is 3.70. The van der Waals surface area contributed by atoms with E-state index in [4.69, 9.17) is 5.73 Å². The summed E-state index contributed by atoms with van der Waals surface area (Å²) in [5.41, 5.74) is 7.78. The van der Waals surface area contributed by atoms with E-state index in [0.717, 1.165) is 18.7 Å². The lowest BCUT2D eigenvalue weighted by atomic mass is 10.0. The summed E-state index contributed by atoms with van der Waals surface area (Å²) < 4.78 is 13.1. The Morgan fingerprint density at radius 3 is 2.88 bits per heavy atom. The average molecular weight is 236 g/mol. The Hall–Kier alpha value is -0.930. The predicted octanol–water partition coefficient (Wildman–Crippen LogP) is 2.66. The SMILES string of the molecule is CC1CCCCN1Cc1ccc(F)cc1CN. The first-order valence-electron chi connectivity index (χ1n) is 6.42. The lowest BCUT2D eigenvalue weighted by Crippen LogP contribution is -2.37. The first kappa shape index (κ1) is 12.5. The number of hydrogen-bond donors (Lipinski definition) is 1. The molecule has 94 valence electrons. The molecule has 1 aliphatic rings. The van der Waals surface area contributed by atoms with Gasteiger partial charge in [0.15, 0.2) is 0 Å². The number of rotatable bonds is 3. The number of likely N-dealkylation sites (tertiary alicyclic amines) is 1. The van der Waals surface area contributed by atoms with Gasteiger partial charge in [0.1, 0.15) is 5.82 Å². The smallest absolute Gasteiger partial charge is 0.123 e. The standard InChI is InChI=1S/C14H21FN2/c1-11-4-2-3-7-17(11)10-12-5-6-14(15)8-13(12)9-16/h5-6,8,11H,2-4,7,9-10,16H2,1H3.